The molecule has 0 aliphatic carbocycles. The highest BCUT2D eigenvalue weighted by Crippen LogP contribution is 2.53. The van der Waals surface area contributed by atoms with Crippen molar-refractivity contribution in [2.24, 2.45) is 21.5 Å². The third-order valence-corrected chi connectivity index (χ3v) is 10.4. The maximum atomic E-state index is 10.3. The molecule has 258 valence electrons. The van der Waals surface area contributed by atoms with E-state index in [1.54, 1.807) is 20.0 Å². The molecule has 4 aliphatic heterocycles. The summed E-state index contributed by atoms with van der Waals surface area (Å²) < 4.78 is 25.5. The monoisotopic (exact) mass is 857 g/mol. The molecule has 10 nitrogen and oxygen atoms in total. The number of aliphatic imine (C=N–C) groups is 2. The van der Waals surface area contributed by atoms with Crippen LogP contribution in [0.4, 0.5) is 0 Å². The van der Waals surface area contributed by atoms with Crippen molar-refractivity contribution in [1.29, 1.82) is 0 Å². The molecule has 4 aromatic carbocycles. The molecule has 5 aromatic rings. The Morgan fingerprint density at radius 2 is 1.31 bits per heavy atom. The maximum absolute atomic E-state index is 10.3. The summed E-state index contributed by atoms with van der Waals surface area (Å²) in [5.41, 5.74) is 16.3. The zero-order valence-electron chi connectivity index (χ0n) is 27.7. The van der Waals surface area contributed by atoms with Gasteiger partial charge in [0.15, 0.2) is 11.1 Å². The van der Waals surface area contributed by atoms with E-state index in [0.717, 1.165) is 70.0 Å². The van der Waals surface area contributed by atoms with E-state index >= 15 is 0 Å². The summed E-state index contributed by atoms with van der Waals surface area (Å²) in [7, 11) is 0. The van der Waals surface area contributed by atoms with Crippen LogP contribution >= 0.6 is 38.5 Å². The first-order valence-electron chi connectivity index (χ1n) is 16.3. The van der Waals surface area contributed by atoms with E-state index in [2.05, 4.69) is 60.6 Å². The van der Waals surface area contributed by atoms with Crippen molar-refractivity contribution in [3.05, 3.63) is 133 Å². The molecule has 5 heterocycles. The fourth-order valence-corrected chi connectivity index (χ4v) is 7.88. The normalized spacial score (nSPS) is 20.6. The molecule has 51 heavy (non-hydrogen) atoms. The first-order valence-corrected chi connectivity index (χ1v) is 18.1. The van der Waals surface area contributed by atoms with Crippen LogP contribution in [0.1, 0.15) is 41.7 Å². The van der Waals surface area contributed by atoms with Crippen molar-refractivity contribution in [3.63, 3.8) is 0 Å². The second kappa shape index (κ2) is 12.5. The number of hydrogen-bond acceptors (Lipinski definition) is 10. The number of ether oxygens (including phenoxy) is 4. The molecule has 12 heteroatoms. The van der Waals surface area contributed by atoms with Gasteiger partial charge < -0.3 is 35.5 Å². The second-order valence-electron chi connectivity index (χ2n) is 13.5. The minimum atomic E-state index is -0.823. The molecule has 0 bridgehead atoms. The predicted octanol–water partition coefficient (Wildman–Crippen LogP) is 7.50. The van der Waals surface area contributed by atoms with Crippen LogP contribution in [0.3, 0.4) is 0 Å². The Balaban J connectivity index is 0.000000156. The van der Waals surface area contributed by atoms with Gasteiger partial charge in [-0.05, 0) is 114 Å². The van der Waals surface area contributed by atoms with E-state index in [0.29, 0.717) is 19.6 Å². The largest absolute Gasteiger partial charge is 0.462 e. The SMILES string of the molecule is CC(C)(O)Cc1ccc2c(c1)[C@]1(COC(N)=N1)c1cc(-c3cccnc3)ccc1O2.NC1=N[C@]2(CO1)c1cc(Br)ccc1Oc1ccc(I)cc12. The van der Waals surface area contributed by atoms with Gasteiger partial charge in [0.1, 0.15) is 36.2 Å². The van der Waals surface area contributed by atoms with Gasteiger partial charge >= 0.3 is 0 Å². The molecule has 0 unspecified atom stereocenters. The van der Waals surface area contributed by atoms with Gasteiger partial charge in [0, 0.05) is 54.7 Å². The number of nitrogens with zero attached hydrogens (tertiary/aromatic N) is 3. The standard InChI is InChI=1S/C24H23N3O3.C15H10BrIN2O2/c1-23(2,28)12-15-5-7-20-18(10-15)24(14-29-22(25)27-24)19-11-16(6-8-21(19)30-20)17-4-3-9-26-13-17;16-8-1-3-12-10(5-8)15(7-20-14(18)19-15)11-6-9(17)2-4-13(11)21-12/h3-11,13,28H,12,14H2,1-2H3,(H2,25,27);1-6H,7H2,(H2,18,19)/t24-;15-/m11/s1. The third-order valence-electron chi connectivity index (χ3n) is 9.22. The molecule has 0 saturated carbocycles. The van der Waals surface area contributed by atoms with E-state index in [9.17, 15) is 5.11 Å². The van der Waals surface area contributed by atoms with Crippen LogP contribution in [-0.2, 0) is 27.0 Å². The average molecular weight is 859 g/mol. The van der Waals surface area contributed by atoms with Crippen LogP contribution in [0.2, 0.25) is 0 Å². The molecular formula is C39H33BrIN5O5. The summed E-state index contributed by atoms with van der Waals surface area (Å²) in [6, 6.07) is 28.3. The van der Waals surface area contributed by atoms with Gasteiger partial charge in [0.2, 0.25) is 0 Å². The van der Waals surface area contributed by atoms with Crippen LogP contribution in [0, 0.1) is 3.57 Å². The van der Waals surface area contributed by atoms with Crippen LogP contribution in [-0.4, -0.2) is 40.9 Å². The number of rotatable bonds is 3. The summed E-state index contributed by atoms with van der Waals surface area (Å²) in [6.45, 7) is 4.27. The van der Waals surface area contributed by atoms with Crippen molar-refractivity contribution >= 4 is 50.6 Å². The van der Waals surface area contributed by atoms with Gasteiger partial charge in [0.25, 0.3) is 12.0 Å². The number of fused-ring (bicyclic) bond motifs is 8. The average Bonchev–Trinajstić information content (AvgIpc) is 3.69. The molecule has 0 radical (unpaired) electrons. The number of pyridine rings is 1. The van der Waals surface area contributed by atoms with Crippen LogP contribution < -0.4 is 20.9 Å². The fourth-order valence-electron chi connectivity index (χ4n) is 7.02. The summed E-state index contributed by atoms with van der Waals surface area (Å²) in [4.78, 5) is 13.6. The van der Waals surface area contributed by atoms with Gasteiger partial charge in [-0.2, -0.15) is 0 Å². The topological polar surface area (TPSA) is 147 Å². The van der Waals surface area contributed by atoms with E-state index in [1.165, 1.54) is 0 Å². The Morgan fingerprint density at radius 1 is 0.745 bits per heavy atom. The Morgan fingerprint density at radius 3 is 1.90 bits per heavy atom. The van der Waals surface area contributed by atoms with Gasteiger partial charge in [-0.3, -0.25) is 4.98 Å². The zero-order valence-corrected chi connectivity index (χ0v) is 31.4. The molecule has 9 rings (SSSR count). The van der Waals surface area contributed by atoms with E-state index in [-0.39, 0.29) is 12.0 Å². The molecular weight excluding hydrogens is 825 g/mol. The lowest BCUT2D eigenvalue weighted by molar-refractivity contribution is 0.0809. The van der Waals surface area contributed by atoms with Crippen molar-refractivity contribution in [2.45, 2.75) is 36.9 Å². The highest BCUT2D eigenvalue weighted by Gasteiger charge is 2.48. The Kier molecular flexibility index (Phi) is 8.23. The van der Waals surface area contributed by atoms with Crippen molar-refractivity contribution in [2.75, 3.05) is 13.2 Å². The minimum absolute atomic E-state index is 0.161. The maximum Gasteiger partial charge on any atom is 0.283 e. The highest BCUT2D eigenvalue weighted by atomic mass is 127. The highest BCUT2D eigenvalue weighted by molar-refractivity contribution is 14.1. The lowest BCUT2D eigenvalue weighted by Gasteiger charge is -2.34. The minimum Gasteiger partial charge on any atom is -0.462 e. The van der Waals surface area contributed by atoms with Crippen molar-refractivity contribution in [3.8, 4) is 34.1 Å². The Hall–Kier alpha value is -4.66. The first-order chi connectivity index (χ1) is 24.4. The molecule has 2 atom stereocenters. The van der Waals surface area contributed by atoms with E-state index in [4.69, 9.17) is 35.4 Å². The molecule has 0 amide bonds. The summed E-state index contributed by atoms with van der Waals surface area (Å²) in [5, 5.41) is 10.3. The zero-order chi connectivity index (χ0) is 35.5. The lowest BCUT2D eigenvalue weighted by atomic mass is 9.79. The van der Waals surface area contributed by atoms with Gasteiger partial charge in [-0.1, -0.05) is 34.1 Å². The number of nitrogens with two attached hydrogens (primary N) is 2. The molecule has 2 spiro atoms. The number of aliphatic hydroxyl groups is 1. The number of benzene rings is 4. The molecule has 1 aromatic heterocycles. The fraction of sp³-hybridized carbons (Fsp3) is 0.205. The molecule has 5 N–H and O–H groups in total. The van der Waals surface area contributed by atoms with Gasteiger partial charge in [-0.25, -0.2) is 9.98 Å². The summed E-state index contributed by atoms with van der Waals surface area (Å²) in [6.07, 6.45) is 4.10. The van der Waals surface area contributed by atoms with Crippen LogP contribution in [0.5, 0.6) is 23.0 Å². The molecule has 0 fully saturated rings. The van der Waals surface area contributed by atoms with E-state index < -0.39 is 16.7 Å². The van der Waals surface area contributed by atoms with Crippen LogP contribution in [0.15, 0.2) is 112 Å². The van der Waals surface area contributed by atoms with Crippen molar-refractivity contribution in [1.82, 2.24) is 4.98 Å². The van der Waals surface area contributed by atoms with Gasteiger partial charge in [-0.15, -0.1) is 0 Å². The number of hydrogen-bond donors (Lipinski definition) is 3. The summed E-state index contributed by atoms with van der Waals surface area (Å²) >= 11 is 5.79. The van der Waals surface area contributed by atoms with Crippen molar-refractivity contribution < 1.29 is 24.1 Å². The number of amidine groups is 2. The number of halogens is 2. The molecule has 4 aliphatic rings. The molecule has 0 saturated heterocycles. The Labute approximate surface area is 316 Å². The smallest absolute Gasteiger partial charge is 0.283 e. The quantitative estimate of drug-likeness (QED) is 0.158. The first kappa shape index (κ1) is 33.5. The third kappa shape index (κ3) is 6.08. The number of aromatic nitrogens is 1. The lowest BCUT2D eigenvalue weighted by Crippen LogP contribution is -2.31. The predicted molar refractivity (Wildman–Crippen MR) is 206 cm³/mol. The van der Waals surface area contributed by atoms with Gasteiger partial charge in [0.05, 0.1) is 5.60 Å². The van der Waals surface area contributed by atoms with E-state index in [1.807, 2.05) is 79.0 Å². The second-order valence-corrected chi connectivity index (χ2v) is 15.6. The van der Waals surface area contributed by atoms with Crippen LogP contribution in [0.25, 0.3) is 11.1 Å². The summed E-state index contributed by atoms with van der Waals surface area (Å²) in [5.74, 6) is 3.03. The Bertz CT molecular complexity index is 2210.